The maximum atomic E-state index is 13.4. The molecule has 1 saturated carbocycles. The highest BCUT2D eigenvalue weighted by Crippen LogP contribution is 2.66. The van der Waals surface area contributed by atoms with Gasteiger partial charge in [0.15, 0.2) is 17.3 Å². The summed E-state index contributed by atoms with van der Waals surface area (Å²) in [6.45, 7) is 14.4. The minimum atomic E-state index is -1.53. The summed E-state index contributed by atoms with van der Waals surface area (Å²) in [6, 6.07) is 0. The Morgan fingerprint density at radius 3 is 1.98 bits per heavy atom. The van der Waals surface area contributed by atoms with Crippen molar-refractivity contribution < 1.29 is 61.9 Å². The van der Waals surface area contributed by atoms with Crippen molar-refractivity contribution in [1.82, 2.24) is 0 Å². The van der Waals surface area contributed by atoms with E-state index in [4.69, 9.17) is 33.2 Å². The van der Waals surface area contributed by atoms with Crippen molar-refractivity contribution in [2.45, 2.75) is 162 Å². The van der Waals surface area contributed by atoms with Gasteiger partial charge in [0, 0.05) is 58.3 Å². The summed E-state index contributed by atoms with van der Waals surface area (Å²) >= 11 is 0. The van der Waals surface area contributed by atoms with Crippen LogP contribution in [0.5, 0.6) is 0 Å². The van der Waals surface area contributed by atoms with Gasteiger partial charge in [-0.25, -0.2) is 4.79 Å². The van der Waals surface area contributed by atoms with Gasteiger partial charge in [-0.15, -0.1) is 0 Å². The molecule has 2 aliphatic carbocycles. The summed E-state index contributed by atoms with van der Waals surface area (Å²) in [7, 11) is 0. The van der Waals surface area contributed by atoms with Crippen LogP contribution < -0.4 is 0 Å². The number of rotatable bonds is 11. The van der Waals surface area contributed by atoms with Gasteiger partial charge in [0.2, 0.25) is 0 Å². The van der Waals surface area contributed by atoms with Crippen LogP contribution in [0.25, 0.3) is 0 Å². The summed E-state index contributed by atoms with van der Waals surface area (Å²) in [4.78, 5) is 78.5. The van der Waals surface area contributed by atoms with E-state index in [1.165, 1.54) is 20.8 Å². The number of carbonyl (C=O) groups excluding carboxylic acids is 6. The zero-order valence-electron chi connectivity index (χ0n) is 30.2. The third-order valence-electron chi connectivity index (χ3n) is 10.7. The Kier molecular flexibility index (Phi) is 11.6. The Bertz CT molecular complexity index is 1360. The second kappa shape index (κ2) is 14.8. The first-order valence-corrected chi connectivity index (χ1v) is 17.4. The number of hydrogen-bond acceptors (Lipinski definition) is 13. The lowest BCUT2D eigenvalue weighted by Crippen LogP contribution is -2.68. The summed E-state index contributed by atoms with van der Waals surface area (Å²) in [5, 5.41) is 0. The highest BCUT2D eigenvalue weighted by Gasteiger charge is 2.87. The van der Waals surface area contributed by atoms with Crippen molar-refractivity contribution in [3.8, 4) is 0 Å². The lowest BCUT2D eigenvalue weighted by molar-refractivity contribution is -0.248. The van der Waals surface area contributed by atoms with Gasteiger partial charge in [0.05, 0.1) is 5.41 Å². The largest absolute Gasteiger partial charge is 0.462 e. The van der Waals surface area contributed by atoms with E-state index in [-0.39, 0.29) is 25.7 Å². The molecular weight excluding hydrogens is 640 g/mol. The number of ether oxygens (including phenoxy) is 7. The van der Waals surface area contributed by atoms with E-state index in [2.05, 4.69) is 0 Å². The van der Waals surface area contributed by atoms with Crippen LogP contribution in [-0.2, 0) is 61.9 Å². The van der Waals surface area contributed by atoms with Crippen molar-refractivity contribution in [3.05, 3.63) is 11.6 Å². The molecule has 0 radical (unpaired) electrons. The van der Waals surface area contributed by atoms with Gasteiger partial charge in [-0.3, -0.25) is 24.0 Å². The molecule has 2 aliphatic heterocycles. The second-order valence-electron chi connectivity index (χ2n) is 14.4. The molecule has 0 amide bonds. The van der Waals surface area contributed by atoms with Crippen LogP contribution in [0.15, 0.2) is 11.6 Å². The topological polar surface area (TPSA) is 170 Å². The first-order valence-electron chi connectivity index (χ1n) is 17.4. The van der Waals surface area contributed by atoms with E-state index in [0.717, 1.165) is 12.8 Å². The number of hydrogen-bond donors (Lipinski definition) is 0. The minimum Gasteiger partial charge on any atom is -0.462 e. The second-order valence-corrected chi connectivity index (χ2v) is 14.4. The van der Waals surface area contributed by atoms with Crippen LogP contribution in [0.1, 0.15) is 114 Å². The Balaban J connectivity index is 2.01. The van der Waals surface area contributed by atoms with E-state index < -0.39 is 101 Å². The molecule has 11 atom stereocenters. The van der Waals surface area contributed by atoms with Gasteiger partial charge in [0.25, 0.3) is 0 Å². The summed E-state index contributed by atoms with van der Waals surface area (Å²) in [6.07, 6.45) is -1.73. The molecule has 4 aliphatic rings. The molecule has 0 bridgehead atoms. The van der Waals surface area contributed by atoms with Gasteiger partial charge in [-0.2, -0.15) is 0 Å². The van der Waals surface area contributed by atoms with E-state index in [9.17, 15) is 28.8 Å². The molecule has 2 heterocycles. The SMILES string of the molecule is CCCCCC(=O)O[C@H]1C[C@H](OC(C)=O)[C@@]2(C)[C@H]([C@H]1C)[C@@H](OC(C)=O)[C@]13O[C@]1(C)C(=O)O[C@H]3/C=C(/C)C[C@H](OC(=O)CCC)[C@H]2OC(C)=O. The highest BCUT2D eigenvalue weighted by atomic mass is 16.7. The van der Waals surface area contributed by atoms with E-state index in [1.54, 1.807) is 26.8 Å². The average Bonchev–Trinajstić information content (AvgIpc) is 3.58. The number of esters is 6. The fraction of sp³-hybridized carbons (Fsp3) is 0.778. The standard InChI is InChI=1S/C36H52O13/c1-10-12-13-15-29(41)46-24-18-26(43-21(5)37)34(8)30(20(24)4)32(45-23(7)39)36-27(48-33(42)35(36,9)49-36)17-19(3)16-25(31(34)44-22(6)38)47-28(40)14-11-2/h17,20,24-27,30-32H,10-16,18H2,1-9H3/b19-17-/t20-,24-,25-,26-,27-,30+,31+,32+,34-,35+,36-/m0/s1. The zero-order chi connectivity index (χ0) is 36.5. The molecular formula is C36H52O13. The number of unbranched alkanes of at least 4 members (excludes halogenated alkanes) is 2. The molecule has 3 fully saturated rings. The van der Waals surface area contributed by atoms with Gasteiger partial charge in [-0.1, -0.05) is 46.1 Å². The van der Waals surface area contributed by atoms with Crippen LogP contribution in [0, 0.1) is 17.3 Å². The van der Waals surface area contributed by atoms with Gasteiger partial charge < -0.3 is 33.2 Å². The summed E-state index contributed by atoms with van der Waals surface area (Å²) < 4.78 is 42.7. The molecule has 49 heavy (non-hydrogen) atoms. The van der Waals surface area contributed by atoms with E-state index in [1.807, 2.05) is 20.8 Å². The third kappa shape index (κ3) is 7.23. The van der Waals surface area contributed by atoms with Crippen LogP contribution >= 0.6 is 0 Å². The molecule has 0 aromatic rings. The van der Waals surface area contributed by atoms with Crippen LogP contribution in [0.2, 0.25) is 0 Å². The van der Waals surface area contributed by atoms with Crippen LogP contribution in [-0.4, -0.2) is 83.6 Å². The average molecular weight is 693 g/mol. The lowest BCUT2D eigenvalue weighted by Gasteiger charge is -2.57. The number of epoxide rings is 1. The van der Waals surface area contributed by atoms with Crippen molar-refractivity contribution in [2.24, 2.45) is 17.3 Å². The maximum absolute atomic E-state index is 13.4. The Morgan fingerprint density at radius 2 is 1.41 bits per heavy atom. The number of carbonyl (C=O) groups is 6. The monoisotopic (exact) mass is 692 g/mol. The molecule has 0 unspecified atom stereocenters. The van der Waals surface area contributed by atoms with Gasteiger partial charge in [0.1, 0.15) is 30.5 Å². The Hall–Kier alpha value is -3.48. The van der Waals surface area contributed by atoms with Gasteiger partial charge >= 0.3 is 35.8 Å². The third-order valence-corrected chi connectivity index (χ3v) is 10.7. The van der Waals surface area contributed by atoms with Crippen LogP contribution in [0.3, 0.4) is 0 Å². The normalized spacial score (nSPS) is 39.0. The van der Waals surface area contributed by atoms with Crippen molar-refractivity contribution in [1.29, 1.82) is 0 Å². The molecule has 13 heteroatoms. The summed E-state index contributed by atoms with van der Waals surface area (Å²) in [5.41, 5.74) is -3.90. The van der Waals surface area contributed by atoms with Crippen molar-refractivity contribution in [3.63, 3.8) is 0 Å². The molecule has 0 aromatic heterocycles. The molecule has 1 spiro atoms. The molecule has 13 nitrogen and oxygen atoms in total. The van der Waals surface area contributed by atoms with E-state index >= 15 is 0 Å². The fourth-order valence-electron chi connectivity index (χ4n) is 8.43. The maximum Gasteiger partial charge on any atom is 0.342 e. The smallest absolute Gasteiger partial charge is 0.342 e. The quantitative estimate of drug-likeness (QED) is 0.0979. The fourth-order valence-corrected chi connectivity index (χ4v) is 8.43. The predicted octanol–water partition coefficient (Wildman–Crippen LogP) is 4.45. The van der Waals surface area contributed by atoms with Crippen molar-refractivity contribution >= 4 is 35.8 Å². The molecule has 274 valence electrons. The van der Waals surface area contributed by atoms with Crippen molar-refractivity contribution in [2.75, 3.05) is 0 Å². The lowest BCUT2D eigenvalue weighted by atomic mass is 9.52. The Labute approximate surface area is 288 Å². The molecule has 4 rings (SSSR count). The zero-order valence-corrected chi connectivity index (χ0v) is 30.2. The minimum absolute atomic E-state index is 0.00620. The first-order chi connectivity index (χ1) is 23.0. The first kappa shape index (κ1) is 38.3. The molecule has 2 saturated heterocycles. The van der Waals surface area contributed by atoms with Gasteiger partial charge in [-0.05, 0) is 32.8 Å². The highest BCUT2D eigenvalue weighted by molar-refractivity contribution is 5.89. The van der Waals surface area contributed by atoms with Crippen LogP contribution in [0.4, 0.5) is 0 Å². The predicted molar refractivity (Wildman–Crippen MR) is 171 cm³/mol. The molecule has 0 N–H and O–H groups in total. The summed E-state index contributed by atoms with van der Waals surface area (Å²) in [5.74, 6) is -5.31. The number of fused-ring (bicyclic) bond motifs is 1. The molecule has 0 aromatic carbocycles. The van der Waals surface area contributed by atoms with E-state index in [0.29, 0.717) is 18.4 Å². The Morgan fingerprint density at radius 1 is 0.816 bits per heavy atom.